The predicted octanol–water partition coefficient (Wildman–Crippen LogP) is 0.805. The van der Waals surface area contributed by atoms with Gasteiger partial charge in [-0.25, -0.2) is 17.2 Å². The zero-order valence-electron chi connectivity index (χ0n) is 9.61. The van der Waals surface area contributed by atoms with E-state index in [1.807, 2.05) is 4.72 Å². The summed E-state index contributed by atoms with van der Waals surface area (Å²) in [5.74, 6) is -3.24. The summed E-state index contributed by atoms with van der Waals surface area (Å²) in [5, 5.41) is 0. The molecule has 1 aromatic carbocycles. The number of esters is 1. The molecule has 18 heavy (non-hydrogen) atoms. The zero-order chi connectivity index (χ0) is 13.9. The Morgan fingerprint density at radius 2 is 1.94 bits per heavy atom. The molecule has 8 heteroatoms. The highest BCUT2D eigenvalue weighted by molar-refractivity contribution is 7.89. The van der Waals surface area contributed by atoms with Crippen molar-refractivity contribution in [1.29, 1.82) is 0 Å². The zero-order valence-corrected chi connectivity index (χ0v) is 10.4. The summed E-state index contributed by atoms with van der Waals surface area (Å²) in [7, 11) is -3.01. The van der Waals surface area contributed by atoms with Gasteiger partial charge in [-0.1, -0.05) is 0 Å². The Balaban J connectivity index is 3.00. The first-order chi connectivity index (χ1) is 8.27. The minimum absolute atomic E-state index is 0.475. The van der Waals surface area contributed by atoms with Gasteiger partial charge in [0, 0.05) is 0 Å². The number of nitrogens with one attached hydrogen (secondary N) is 1. The van der Waals surface area contributed by atoms with E-state index in [0.717, 1.165) is 13.2 Å². The van der Waals surface area contributed by atoms with Crippen LogP contribution in [0.25, 0.3) is 0 Å². The molecule has 0 spiro atoms. The van der Waals surface area contributed by atoms with Gasteiger partial charge in [0.05, 0.1) is 12.0 Å². The molecule has 0 bridgehead atoms. The number of ether oxygens (including phenoxy) is 1. The van der Waals surface area contributed by atoms with E-state index in [-0.39, 0.29) is 0 Å². The number of halogens is 2. The van der Waals surface area contributed by atoms with Crippen LogP contribution in [0.4, 0.5) is 8.78 Å². The van der Waals surface area contributed by atoms with E-state index >= 15 is 0 Å². The Labute approximate surface area is 103 Å². The number of sulfonamides is 1. The second-order valence-electron chi connectivity index (χ2n) is 3.44. The summed E-state index contributed by atoms with van der Waals surface area (Å²) >= 11 is 0. The summed E-state index contributed by atoms with van der Waals surface area (Å²) in [4.78, 5) is 10.6. The van der Waals surface area contributed by atoms with E-state index in [1.54, 1.807) is 0 Å². The van der Waals surface area contributed by atoms with Gasteiger partial charge < -0.3 is 4.74 Å². The van der Waals surface area contributed by atoms with E-state index in [2.05, 4.69) is 4.74 Å². The van der Waals surface area contributed by atoms with E-state index in [1.165, 1.54) is 6.92 Å². The molecule has 0 saturated heterocycles. The van der Waals surface area contributed by atoms with Crippen molar-refractivity contribution < 1.29 is 26.7 Å². The van der Waals surface area contributed by atoms with Gasteiger partial charge in [0.1, 0.15) is 6.04 Å². The predicted molar refractivity (Wildman–Crippen MR) is 58.2 cm³/mol. The summed E-state index contributed by atoms with van der Waals surface area (Å²) in [6, 6.07) is 0.979. The molecule has 0 radical (unpaired) electrons. The molecule has 0 aliphatic heterocycles. The Hall–Kier alpha value is -1.54. The van der Waals surface area contributed by atoms with E-state index < -0.39 is 38.6 Å². The van der Waals surface area contributed by atoms with E-state index in [0.29, 0.717) is 12.1 Å². The molecular formula is C10H11F2NO4S. The maximum Gasteiger partial charge on any atom is 0.323 e. The van der Waals surface area contributed by atoms with Crippen LogP contribution in [-0.4, -0.2) is 27.5 Å². The standard InChI is InChI=1S/C10H11F2NO4S/c1-6(10(14)17-2)13-18(15,16)7-3-4-8(11)9(12)5-7/h3-6,13H,1-2H3. The van der Waals surface area contributed by atoms with Gasteiger partial charge in [0.15, 0.2) is 11.6 Å². The van der Waals surface area contributed by atoms with Gasteiger partial charge in [0.2, 0.25) is 10.0 Å². The Bertz CT molecular complexity index is 559. The maximum atomic E-state index is 12.9. The van der Waals surface area contributed by atoms with Crippen LogP contribution in [0.15, 0.2) is 23.1 Å². The molecule has 1 atom stereocenters. The SMILES string of the molecule is COC(=O)C(C)NS(=O)(=O)c1ccc(F)c(F)c1. The van der Waals surface area contributed by atoms with Gasteiger partial charge in [0.25, 0.3) is 0 Å². The molecule has 0 aromatic heterocycles. The number of methoxy groups -OCH3 is 1. The molecule has 0 saturated carbocycles. The van der Waals surface area contributed by atoms with Crippen molar-refractivity contribution >= 4 is 16.0 Å². The second kappa shape index (κ2) is 5.40. The Morgan fingerprint density at radius 3 is 2.44 bits per heavy atom. The van der Waals surface area contributed by atoms with Gasteiger partial charge in [-0.05, 0) is 25.1 Å². The molecule has 1 N–H and O–H groups in total. The largest absolute Gasteiger partial charge is 0.468 e. The third-order valence-electron chi connectivity index (χ3n) is 2.09. The molecule has 1 rings (SSSR count). The van der Waals surface area contributed by atoms with Crippen molar-refractivity contribution in [3.63, 3.8) is 0 Å². The van der Waals surface area contributed by atoms with Crippen LogP contribution in [0.1, 0.15) is 6.92 Å². The number of rotatable bonds is 4. The number of carbonyl (C=O) groups is 1. The van der Waals surface area contributed by atoms with Crippen LogP contribution in [0, 0.1) is 11.6 Å². The van der Waals surface area contributed by atoms with Gasteiger partial charge >= 0.3 is 5.97 Å². The minimum atomic E-state index is -4.11. The number of benzene rings is 1. The van der Waals surface area contributed by atoms with Crippen LogP contribution in [0.5, 0.6) is 0 Å². The van der Waals surface area contributed by atoms with E-state index in [4.69, 9.17) is 0 Å². The highest BCUT2D eigenvalue weighted by Gasteiger charge is 2.23. The summed E-state index contributed by atoms with van der Waals surface area (Å²) in [5.41, 5.74) is 0. The fraction of sp³-hybridized carbons (Fsp3) is 0.300. The molecule has 0 aliphatic carbocycles. The number of carbonyl (C=O) groups excluding carboxylic acids is 1. The summed E-state index contributed by atoms with van der Waals surface area (Å²) in [6.07, 6.45) is 0. The minimum Gasteiger partial charge on any atom is -0.468 e. The fourth-order valence-corrected chi connectivity index (χ4v) is 2.37. The lowest BCUT2D eigenvalue weighted by Crippen LogP contribution is -2.39. The molecular weight excluding hydrogens is 268 g/mol. The lowest BCUT2D eigenvalue weighted by atomic mass is 10.3. The maximum absolute atomic E-state index is 12.9. The molecule has 0 amide bonds. The average molecular weight is 279 g/mol. The van der Waals surface area contributed by atoms with Crippen molar-refractivity contribution in [3.8, 4) is 0 Å². The molecule has 0 heterocycles. The highest BCUT2D eigenvalue weighted by atomic mass is 32.2. The van der Waals surface area contributed by atoms with Crippen molar-refractivity contribution in [1.82, 2.24) is 4.72 Å². The average Bonchev–Trinajstić information content (AvgIpc) is 2.30. The summed E-state index contributed by atoms with van der Waals surface area (Å²) in [6.45, 7) is 1.27. The van der Waals surface area contributed by atoms with Crippen LogP contribution in [0.3, 0.4) is 0 Å². The normalized spacial score (nSPS) is 13.1. The molecule has 1 aromatic rings. The lowest BCUT2D eigenvalue weighted by Gasteiger charge is -2.12. The molecule has 0 fully saturated rings. The van der Waals surface area contributed by atoms with Gasteiger partial charge in [-0.3, -0.25) is 4.79 Å². The molecule has 100 valence electrons. The van der Waals surface area contributed by atoms with Crippen molar-refractivity contribution in [2.75, 3.05) is 7.11 Å². The molecule has 5 nitrogen and oxygen atoms in total. The lowest BCUT2D eigenvalue weighted by molar-refractivity contribution is -0.142. The first-order valence-corrected chi connectivity index (χ1v) is 6.31. The molecule has 0 aliphatic rings. The second-order valence-corrected chi connectivity index (χ2v) is 5.16. The molecule has 1 unspecified atom stereocenters. The third-order valence-corrected chi connectivity index (χ3v) is 3.63. The topological polar surface area (TPSA) is 72.5 Å². The smallest absolute Gasteiger partial charge is 0.323 e. The Kier molecular flexibility index (Phi) is 4.36. The number of hydrogen-bond donors (Lipinski definition) is 1. The van der Waals surface area contributed by atoms with Gasteiger partial charge in [-0.15, -0.1) is 0 Å². The van der Waals surface area contributed by atoms with Crippen LogP contribution in [0.2, 0.25) is 0 Å². The van der Waals surface area contributed by atoms with Crippen molar-refractivity contribution in [2.24, 2.45) is 0 Å². The third kappa shape index (κ3) is 3.23. The highest BCUT2D eigenvalue weighted by Crippen LogP contribution is 2.14. The van der Waals surface area contributed by atoms with Crippen LogP contribution < -0.4 is 4.72 Å². The first-order valence-electron chi connectivity index (χ1n) is 4.83. The summed E-state index contributed by atoms with van der Waals surface area (Å²) < 4.78 is 55.3. The van der Waals surface area contributed by atoms with Gasteiger partial charge in [-0.2, -0.15) is 4.72 Å². The fourth-order valence-electron chi connectivity index (χ4n) is 1.17. The van der Waals surface area contributed by atoms with Crippen molar-refractivity contribution in [3.05, 3.63) is 29.8 Å². The van der Waals surface area contributed by atoms with Crippen LogP contribution >= 0.6 is 0 Å². The van der Waals surface area contributed by atoms with E-state index in [9.17, 15) is 22.0 Å². The first kappa shape index (κ1) is 14.5. The Morgan fingerprint density at radius 1 is 1.33 bits per heavy atom. The van der Waals surface area contributed by atoms with Crippen LogP contribution in [-0.2, 0) is 19.6 Å². The van der Waals surface area contributed by atoms with Crippen molar-refractivity contribution in [2.45, 2.75) is 17.9 Å². The monoisotopic (exact) mass is 279 g/mol. The quantitative estimate of drug-likeness (QED) is 0.828. The number of hydrogen-bond acceptors (Lipinski definition) is 4.